The van der Waals surface area contributed by atoms with Gasteiger partial charge in [-0.2, -0.15) is 0 Å². The van der Waals surface area contributed by atoms with Crippen molar-refractivity contribution in [3.05, 3.63) is 81.2 Å². The summed E-state index contributed by atoms with van der Waals surface area (Å²) >= 11 is 7.21. The van der Waals surface area contributed by atoms with Crippen LogP contribution in [0.1, 0.15) is 18.4 Å². The van der Waals surface area contributed by atoms with Crippen LogP contribution in [-0.4, -0.2) is 35.8 Å². The van der Waals surface area contributed by atoms with Gasteiger partial charge in [-0.15, -0.1) is 10.2 Å². The number of thioether (sulfide) groups is 1. The predicted octanol–water partition coefficient (Wildman–Crippen LogP) is 4.20. The minimum atomic E-state index is -0.453. The van der Waals surface area contributed by atoms with Crippen LogP contribution >= 0.6 is 23.4 Å². The second-order valence-electron chi connectivity index (χ2n) is 7.78. The number of carbonyl (C=O) groups is 1. The molecule has 12 heteroatoms. The van der Waals surface area contributed by atoms with Gasteiger partial charge in [0.1, 0.15) is 23.9 Å². The minimum absolute atomic E-state index is 0.0297. The van der Waals surface area contributed by atoms with Crippen molar-refractivity contribution < 1.29 is 13.9 Å². The third-order valence-corrected chi connectivity index (χ3v) is 6.77. The van der Waals surface area contributed by atoms with E-state index in [1.807, 2.05) is 41.8 Å². The summed E-state index contributed by atoms with van der Waals surface area (Å²) in [5, 5.41) is 11.7. The van der Waals surface area contributed by atoms with E-state index in [1.54, 1.807) is 18.7 Å². The Bertz CT molecular complexity index is 1450. The van der Waals surface area contributed by atoms with Gasteiger partial charge in [-0.1, -0.05) is 41.6 Å². The topological polar surface area (TPSA) is 96.0 Å². The van der Waals surface area contributed by atoms with Crippen LogP contribution in [0, 0.1) is 12.7 Å². The van der Waals surface area contributed by atoms with Crippen molar-refractivity contribution >= 4 is 35.0 Å². The Balaban J connectivity index is 1.42. The standard InChI is InChI=1S/C24H24ClFN6O3S/c1-4-31-20(13-35-19-11-10-16(26)12-18(19)25)28-29-24(31)36-14-21(33)27-22-15(2)30(3)32(23(22)34)17-8-6-5-7-9-17/h5-12H,4,13-14H2,1-3H3,(H,27,33). The van der Waals surface area contributed by atoms with E-state index in [0.29, 0.717) is 34.7 Å². The number of para-hydroxylation sites is 1. The molecule has 4 aromatic rings. The Kier molecular flexibility index (Phi) is 7.80. The molecule has 1 N–H and O–H groups in total. The second-order valence-corrected chi connectivity index (χ2v) is 9.13. The van der Waals surface area contributed by atoms with Gasteiger partial charge in [0, 0.05) is 13.6 Å². The van der Waals surface area contributed by atoms with E-state index in [1.165, 1.54) is 34.6 Å². The number of hydrogen-bond acceptors (Lipinski definition) is 6. The molecule has 0 atom stereocenters. The zero-order chi connectivity index (χ0) is 25.8. The van der Waals surface area contributed by atoms with Crippen LogP contribution in [0.3, 0.4) is 0 Å². The van der Waals surface area contributed by atoms with Crippen molar-refractivity contribution in [2.24, 2.45) is 7.05 Å². The predicted molar refractivity (Wildman–Crippen MR) is 137 cm³/mol. The summed E-state index contributed by atoms with van der Waals surface area (Å²) in [4.78, 5) is 25.7. The molecule has 0 aliphatic carbocycles. The number of hydrogen-bond donors (Lipinski definition) is 1. The van der Waals surface area contributed by atoms with Gasteiger partial charge in [0.2, 0.25) is 5.91 Å². The highest BCUT2D eigenvalue weighted by Gasteiger charge is 2.19. The van der Waals surface area contributed by atoms with E-state index in [-0.39, 0.29) is 34.5 Å². The first-order chi connectivity index (χ1) is 17.3. The average molecular weight is 531 g/mol. The van der Waals surface area contributed by atoms with Crippen LogP contribution in [0.4, 0.5) is 10.1 Å². The van der Waals surface area contributed by atoms with Gasteiger partial charge in [0.05, 0.1) is 22.2 Å². The first kappa shape index (κ1) is 25.5. The zero-order valence-electron chi connectivity index (χ0n) is 19.9. The Morgan fingerprint density at radius 1 is 1.19 bits per heavy atom. The highest BCUT2D eigenvalue weighted by atomic mass is 35.5. The molecule has 0 radical (unpaired) electrons. The summed E-state index contributed by atoms with van der Waals surface area (Å²) in [5.74, 6) is 0.0995. The summed E-state index contributed by atoms with van der Waals surface area (Å²) in [6.07, 6.45) is 0. The fourth-order valence-corrected chi connectivity index (χ4v) is 4.65. The van der Waals surface area contributed by atoms with Gasteiger partial charge >= 0.3 is 0 Å². The van der Waals surface area contributed by atoms with Crippen LogP contribution in [0.2, 0.25) is 5.02 Å². The van der Waals surface area contributed by atoms with Crippen molar-refractivity contribution in [3.8, 4) is 11.4 Å². The summed E-state index contributed by atoms with van der Waals surface area (Å²) in [6, 6.07) is 13.1. The summed E-state index contributed by atoms with van der Waals surface area (Å²) in [7, 11) is 1.76. The van der Waals surface area contributed by atoms with Gasteiger partial charge in [-0.3, -0.25) is 14.3 Å². The Labute approximate surface area is 215 Å². The molecule has 36 heavy (non-hydrogen) atoms. The van der Waals surface area contributed by atoms with Crippen molar-refractivity contribution in [2.45, 2.75) is 32.2 Å². The number of aromatic nitrogens is 5. The van der Waals surface area contributed by atoms with Gasteiger partial charge in [-0.25, -0.2) is 9.07 Å². The van der Waals surface area contributed by atoms with Gasteiger partial charge < -0.3 is 14.6 Å². The number of amides is 1. The Hall–Kier alpha value is -3.57. The third-order valence-electron chi connectivity index (χ3n) is 5.51. The van der Waals surface area contributed by atoms with E-state index >= 15 is 0 Å². The molecule has 0 aliphatic heterocycles. The van der Waals surface area contributed by atoms with E-state index < -0.39 is 5.82 Å². The van der Waals surface area contributed by atoms with Crippen LogP contribution in [0.15, 0.2) is 58.5 Å². The molecule has 2 aromatic carbocycles. The Morgan fingerprint density at radius 2 is 1.94 bits per heavy atom. The lowest BCUT2D eigenvalue weighted by atomic mass is 10.3. The molecule has 0 fully saturated rings. The molecule has 188 valence electrons. The van der Waals surface area contributed by atoms with Gasteiger partial charge in [0.15, 0.2) is 11.0 Å². The lowest BCUT2D eigenvalue weighted by molar-refractivity contribution is -0.113. The molecule has 1 amide bonds. The molecule has 2 heterocycles. The van der Waals surface area contributed by atoms with Crippen molar-refractivity contribution in [3.63, 3.8) is 0 Å². The number of carbonyl (C=O) groups excluding carboxylic acids is 1. The monoisotopic (exact) mass is 530 g/mol. The molecule has 0 saturated heterocycles. The maximum atomic E-state index is 13.2. The second kappa shape index (κ2) is 11.0. The summed E-state index contributed by atoms with van der Waals surface area (Å²) in [6.45, 7) is 4.31. The molecular formula is C24H24ClFN6O3S. The molecular weight excluding hydrogens is 507 g/mol. The highest BCUT2D eigenvalue weighted by molar-refractivity contribution is 7.99. The molecule has 0 spiro atoms. The first-order valence-electron chi connectivity index (χ1n) is 11.1. The molecule has 0 saturated carbocycles. The summed E-state index contributed by atoms with van der Waals surface area (Å²) < 4.78 is 23.9. The van der Waals surface area contributed by atoms with E-state index in [9.17, 15) is 14.0 Å². The zero-order valence-corrected chi connectivity index (χ0v) is 21.4. The highest BCUT2D eigenvalue weighted by Crippen LogP contribution is 2.26. The number of anilines is 1. The van der Waals surface area contributed by atoms with E-state index in [4.69, 9.17) is 16.3 Å². The number of nitrogens with one attached hydrogen (secondary N) is 1. The minimum Gasteiger partial charge on any atom is -0.484 e. The SMILES string of the molecule is CCn1c(COc2ccc(F)cc2Cl)nnc1SCC(=O)Nc1c(C)n(C)n(-c2ccccc2)c1=O. The van der Waals surface area contributed by atoms with E-state index in [2.05, 4.69) is 15.5 Å². The molecule has 4 rings (SSSR count). The van der Waals surface area contributed by atoms with Crippen molar-refractivity contribution in [2.75, 3.05) is 11.1 Å². The van der Waals surface area contributed by atoms with Crippen LogP contribution in [-0.2, 0) is 25.0 Å². The smallest absolute Gasteiger partial charge is 0.295 e. The molecule has 9 nitrogen and oxygen atoms in total. The fourth-order valence-electron chi connectivity index (χ4n) is 3.60. The van der Waals surface area contributed by atoms with Crippen molar-refractivity contribution in [1.29, 1.82) is 0 Å². The Morgan fingerprint density at radius 3 is 2.64 bits per heavy atom. The van der Waals surface area contributed by atoms with Crippen LogP contribution in [0.25, 0.3) is 5.69 Å². The van der Waals surface area contributed by atoms with Gasteiger partial charge in [0.25, 0.3) is 5.56 Å². The average Bonchev–Trinajstić information content (AvgIpc) is 3.35. The first-order valence-corrected chi connectivity index (χ1v) is 12.4. The quantitative estimate of drug-likeness (QED) is 0.326. The lowest BCUT2D eigenvalue weighted by Crippen LogP contribution is -2.23. The van der Waals surface area contributed by atoms with Crippen LogP contribution in [0.5, 0.6) is 5.75 Å². The van der Waals surface area contributed by atoms with E-state index in [0.717, 1.165) is 0 Å². The van der Waals surface area contributed by atoms with Crippen molar-refractivity contribution in [1.82, 2.24) is 24.1 Å². The summed E-state index contributed by atoms with van der Waals surface area (Å²) in [5.41, 5.74) is 1.26. The molecule has 2 aromatic heterocycles. The third kappa shape index (κ3) is 5.31. The normalized spacial score (nSPS) is 11.0. The van der Waals surface area contributed by atoms with Crippen LogP contribution < -0.4 is 15.6 Å². The van der Waals surface area contributed by atoms with Gasteiger partial charge in [-0.05, 0) is 44.2 Å². The lowest BCUT2D eigenvalue weighted by Gasteiger charge is -2.10. The fraction of sp³-hybridized carbons (Fsp3) is 0.250. The number of nitrogens with zero attached hydrogens (tertiary/aromatic N) is 5. The molecule has 0 bridgehead atoms. The number of halogens is 2. The number of benzene rings is 2. The molecule has 0 aliphatic rings. The maximum Gasteiger partial charge on any atom is 0.295 e. The molecule has 0 unspecified atom stereocenters. The number of rotatable bonds is 9. The number of ether oxygens (including phenoxy) is 1. The largest absolute Gasteiger partial charge is 0.484 e. The maximum absolute atomic E-state index is 13.2.